The van der Waals surface area contributed by atoms with E-state index >= 15 is 0 Å². The van der Waals surface area contributed by atoms with Crippen molar-refractivity contribution in [3.63, 3.8) is 0 Å². The van der Waals surface area contributed by atoms with Gasteiger partial charge in [-0.3, -0.25) is 4.79 Å². The smallest absolute Gasteiger partial charge is 0.329 e. The number of aromatic hydroxyl groups is 1. The Hall–Kier alpha value is -2.36. The van der Waals surface area contributed by atoms with E-state index in [0.717, 1.165) is 16.3 Å². The predicted molar refractivity (Wildman–Crippen MR) is 110 cm³/mol. The van der Waals surface area contributed by atoms with E-state index in [1.165, 1.54) is 11.8 Å². The lowest BCUT2D eigenvalue weighted by Crippen LogP contribution is -2.28. The second kappa shape index (κ2) is 9.03. The van der Waals surface area contributed by atoms with Gasteiger partial charge in [-0.15, -0.1) is 11.8 Å². The quantitative estimate of drug-likeness (QED) is 0.413. The summed E-state index contributed by atoms with van der Waals surface area (Å²) in [5.74, 6) is -1.18. The van der Waals surface area contributed by atoms with Gasteiger partial charge in [-0.2, -0.15) is 0 Å². The molecule has 0 aliphatic heterocycles. The molecule has 0 fully saturated rings. The molecule has 4 nitrogen and oxygen atoms in total. The van der Waals surface area contributed by atoms with Crippen molar-refractivity contribution in [3.05, 3.63) is 72.3 Å². The first-order valence-corrected chi connectivity index (χ1v) is 10.5. The van der Waals surface area contributed by atoms with Gasteiger partial charge in [0.15, 0.2) is 5.66 Å². The number of benzene rings is 3. The maximum absolute atomic E-state index is 11.8. The van der Waals surface area contributed by atoms with Crippen molar-refractivity contribution in [2.75, 3.05) is 5.75 Å². The van der Waals surface area contributed by atoms with E-state index < -0.39 is 26.0 Å². The average molecular weight is 399 g/mol. The van der Waals surface area contributed by atoms with Crippen LogP contribution in [0.25, 0.3) is 10.8 Å². The van der Waals surface area contributed by atoms with Crippen LogP contribution in [0.1, 0.15) is 5.56 Å². The molecule has 3 aromatic carbocycles. The molecular formula is C21H20O4PS+. The Kier molecular flexibility index (Phi) is 6.49. The molecule has 0 bridgehead atoms. The molecule has 3 atom stereocenters. The zero-order chi connectivity index (χ0) is 19.2. The Bertz CT molecular complexity index is 945. The van der Waals surface area contributed by atoms with Crippen LogP contribution in [0.5, 0.6) is 5.75 Å². The van der Waals surface area contributed by atoms with E-state index in [4.69, 9.17) is 0 Å². The number of fused-ring (bicyclic) bond motifs is 1. The van der Waals surface area contributed by atoms with Gasteiger partial charge in [0.05, 0.1) is 4.90 Å². The van der Waals surface area contributed by atoms with Crippen LogP contribution in [-0.4, -0.2) is 27.6 Å². The van der Waals surface area contributed by atoms with Crippen LogP contribution in [0.3, 0.4) is 0 Å². The average Bonchev–Trinajstić information content (AvgIpc) is 2.69. The van der Waals surface area contributed by atoms with Gasteiger partial charge in [-0.25, -0.2) is 0 Å². The molecular weight excluding hydrogens is 379 g/mol. The minimum Gasteiger partial charge on any atom is -0.507 e. The van der Waals surface area contributed by atoms with E-state index in [9.17, 15) is 19.6 Å². The third-order valence-electron chi connectivity index (χ3n) is 4.52. The Balaban J connectivity index is 1.81. The molecule has 0 radical (unpaired) electrons. The maximum atomic E-state index is 11.8. The van der Waals surface area contributed by atoms with Crippen LogP contribution in [0.2, 0.25) is 0 Å². The van der Waals surface area contributed by atoms with Crippen molar-refractivity contribution < 1.29 is 19.6 Å². The summed E-state index contributed by atoms with van der Waals surface area (Å²) in [6.45, 7) is 0. The van der Waals surface area contributed by atoms with Crippen LogP contribution in [-0.2, 0) is 15.8 Å². The second-order valence-corrected chi connectivity index (χ2v) is 8.31. The first-order chi connectivity index (χ1) is 13.1. The number of carbonyl (C=O) groups is 1. The fourth-order valence-electron chi connectivity index (χ4n) is 3.06. The number of hydrogen-bond acceptors (Lipinski definition) is 4. The third-order valence-corrected chi connectivity index (χ3v) is 6.97. The minimum atomic E-state index is -0.949. The Labute approximate surface area is 163 Å². The van der Waals surface area contributed by atoms with Gasteiger partial charge in [-0.1, -0.05) is 65.2 Å². The first-order valence-electron chi connectivity index (χ1n) is 8.58. The fraction of sp³-hybridized carbons (Fsp3) is 0.190. The monoisotopic (exact) mass is 399 g/mol. The van der Waals surface area contributed by atoms with Crippen LogP contribution >= 0.6 is 20.2 Å². The molecule has 6 heteroatoms. The number of hydrogen-bond donors (Lipinski definition) is 2. The van der Waals surface area contributed by atoms with E-state index in [-0.39, 0.29) is 5.75 Å². The first kappa shape index (κ1) is 19.4. The highest BCUT2D eigenvalue weighted by molar-refractivity contribution is 7.99. The summed E-state index contributed by atoms with van der Waals surface area (Å²) in [6.07, 6.45) is 0.332. The molecule has 0 aliphatic carbocycles. The fourth-order valence-corrected chi connectivity index (χ4v) is 5.14. The number of phenolic OH excluding ortho intramolecular Hbond substituents is 1. The molecule has 0 amide bonds. The minimum absolute atomic E-state index is 0.154. The van der Waals surface area contributed by atoms with Gasteiger partial charge in [-0.05, 0) is 28.8 Å². The van der Waals surface area contributed by atoms with Crippen molar-refractivity contribution in [2.24, 2.45) is 5.92 Å². The highest BCUT2D eigenvalue weighted by Crippen LogP contribution is 2.38. The van der Waals surface area contributed by atoms with Crippen molar-refractivity contribution in [3.8, 4) is 5.75 Å². The third kappa shape index (κ3) is 4.68. The summed E-state index contributed by atoms with van der Waals surface area (Å²) in [5, 5.41) is 21.8. The van der Waals surface area contributed by atoms with Crippen LogP contribution < -0.4 is 0 Å². The van der Waals surface area contributed by atoms with Crippen LogP contribution in [0, 0.1) is 5.92 Å². The molecule has 0 saturated heterocycles. The van der Waals surface area contributed by atoms with Crippen molar-refractivity contribution >= 4 is 37.0 Å². The van der Waals surface area contributed by atoms with Gasteiger partial charge in [0.25, 0.3) is 0 Å². The highest BCUT2D eigenvalue weighted by Gasteiger charge is 2.34. The number of rotatable bonds is 8. The van der Waals surface area contributed by atoms with Gasteiger partial charge < -0.3 is 10.2 Å². The summed E-state index contributed by atoms with van der Waals surface area (Å²) in [6, 6.07) is 20.6. The lowest BCUT2D eigenvalue weighted by molar-refractivity contribution is -0.141. The Morgan fingerprint density at radius 2 is 1.70 bits per heavy atom. The number of carboxylic acid groups (broad SMARTS) is 1. The van der Waals surface area contributed by atoms with Gasteiger partial charge in [0.1, 0.15) is 11.7 Å². The van der Waals surface area contributed by atoms with Gasteiger partial charge in [0.2, 0.25) is 0 Å². The number of aliphatic carboxylic acids is 1. The number of phenols is 1. The molecule has 0 aromatic heterocycles. The normalized spacial score (nSPS) is 13.5. The molecule has 27 heavy (non-hydrogen) atoms. The molecule has 2 N–H and O–H groups in total. The molecule has 3 unspecified atom stereocenters. The number of thioether (sulfide) groups is 1. The largest absolute Gasteiger partial charge is 0.507 e. The summed E-state index contributed by atoms with van der Waals surface area (Å²) >= 11 is 1.36. The molecule has 0 saturated carbocycles. The molecule has 0 spiro atoms. The Morgan fingerprint density at radius 1 is 1.00 bits per heavy atom. The predicted octanol–water partition coefficient (Wildman–Crippen LogP) is 4.97. The van der Waals surface area contributed by atoms with Crippen LogP contribution in [0.4, 0.5) is 0 Å². The highest BCUT2D eigenvalue weighted by atomic mass is 32.2. The van der Waals surface area contributed by atoms with Gasteiger partial charge >= 0.3 is 14.4 Å². The SMILES string of the molecule is O=[PH+]C(CSc1c(O)ccc2ccccc12)C(Cc1ccccc1)C(=O)O. The van der Waals surface area contributed by atoms with Crippen molar-refractivity contribution in [1.82, 2.24) is 0 Å². The molecule has 138 valence electrons. The topological polar surface area (TPSA) is 74.6 Å². The summed E-state index contributed by atoms with van der Waals surface area (Å²) in [5.41, 5.74) is 0.400. The maximum Gasteiger partial charge on any atom is 0.329 e. The Morgan fingerprint density at radius 3 is 2.41 bits per heavy atom. The van der Waals surface area contributed by atoms with Crippen molar-refractivity contribution in [2.45, 2.75) is 17.0 Å². The van der Waals surface area contributed by atoms with E-state index in [1.54, 1.807) is 6.07 Å². The number of carboxylic acids is 1. The summed E-state index contributed by atoms with van der Waals surface area (Å²) in [4.78, 5) is 12.5. The molecule has 0 aliphatic rings. The van der Waals surface area contributed by atoms with Crippen molar-refractivity contribution in [1.29, 1.82) is 0 Å². The van der Waals surface area contributed by atoms with E-state index in [2.05, 4.69) is 0 Å². The molecule has 3 aromatic rings. The molecule has 0 heterocycles. The summed E-state index contributed by atoms with van der Waals surface area (Å²) in [7, 11) is -0.734. The molecule has 3 rings (SSSR count). The lowest BCUT2D eigenvalue weighted by Gasteiger charge is -2.15. The zero-order valence-electron chi connectivity index (χ0n) is 14.5. The second-order valence-electron chi connectivity index (χ2n) is 6.30. The van der Waals surface area contributed by atoms with E-state index in [1.807, 2.05) is 60.7 Å². The zero-order valence-corrected chi connectivity index (χ0v) is 16.4. The lowest BCUT2D eigenvalue weighted by atomic mass is 9.96. The summed E-state index contributed by atoms with van der Waals surface area (Å²) < 4.78 is 11.8. The van der Waals surface area contributed by atoms with Gasteiger partial charge in [0, 0.05) is 5.75 Å². The standard InChI is InChI=1S/C21H19O4PS/c22-18-11-10-15-8-4-5-9-16(15)20(18)27-13-19(26-25)17(21(23)24)12-14-6-2-1-3-7-14/h1-11,17,19,22H,12-13H2,(H,23,24)/p+1. The van der Waals surface area contributed by atoms with E-state index in [0.29, 0.717) is 17.1 Å². The van der Waals surface area contributed by atoms with Crippen LogP contribution in [0.15, 0.2) is 71.6 Å².